The van der Waals surface area contributed by atoms with Crippen molar-refractivity contribution in [2.24, 2.45) is 0 Å². The van der Waals surface area contributed by atoms with Crippen LogP contribution >= 0.6 is 0 Å². The first kappa shape index (κ1) is 25.9. The monoisotopic (exact) mass is 534 g/mol. The van der Waals surface area contributed by atoms with Crippen molar-refractivity contribution < 1.29 is 18.3 Å². The van der Waals surface area contributed by atoms with Crippen LogP contribution in [0.2, 0.25) is 0 Å². The zero-order chi connectivity index (χ0) is 27.8. The summed E-state index contributed by atoms with van der Waals surface area (Å²) in [6, 6.07) is 6.72. The summed E-state index contributed by atoms with van der Waals surface area (Å²) in [4.78, 5) is 54.0. The van der Waals surface area contributed by atoms with Crippen molar-refractivity contribution in [3.05, 3.63) is 92.1 Å². The normalized spacial score (nSPS) is 11.5. The fourth-order valence-corrected chi connectivity index (χ4v) is 4.39. The highest BCUT2D eigenvalue weighted by Crippen LogP contribution is 2.35. The van der Waals surface area contributed by atoms with Crippen molar-refractivity contribution in [2.75, 3.05) is 27.2 Å². The number of carbonyl (C=O) groups excluding carboxylic acids is 1. The van der Waals surface area contributed by atoms with Crippen LogP contribution < -0.4 is 11.1 Å². The van der Waals surface area contributed by atoms with Gasteiger partial charge in [0.15, 0.2) is 0 Å². The number of aryl methyl sites for hydroxylation is 1. The Labute approximate surface area is 219 Å². The molecule has 0 aliphatic rings. The number of ether oxygens (including phenoxy) is 1. The van der Waals surface area contributed by atoms with Crippen LogP contribution in [-0.2, 0) is 11.3 Å². The van der Waals surface area contributed by atoms with Gasteiger partial charge in [-0.2, -0.15) is 0 Å². The molecule has 0 atom stereocenters. The molecule has 4 aromatic heterocycles. The molecule has 200 valence electrons. The molecule has 5 aromatic rings. The van der Waals surface area contributed by atoms with E-state index in [9.17, 15) is 18.8 Å². The Bertz CT molecular complexity index is 1860. The lowest BCUT2D eigenvalue weighted by atomic mass is 10.1. The Balaban J connectivity index is 1.80. The molecule has 0 amide bonds. The van der Waals surface area contributed by atoms with Gasteiger partial charge in [-0.05, 0) is 39.2 Å². The standard InChI is InChI=1S/C27H24F2N6O4/c1-14-18(28)11-21-23(33-14)22(16-5-4-6-30-25(16)36)24(27(38)39-8-7-34(2)3)35(21)12-15-9-17-20(10-19(15)29)31-13-32-26(17)37/h4-6,9-11,13H,7-8,12H2,1-3H3,(H,30,36)(H,31,32,37). The van der Waals surface area contributed by atoms with E-state index >= 15 is 4.39 Å². The largest absolute Gasteiger partial charge is 0.460 e. The van der Waals surface area contributed by atoms with Crippen molar-refractivity contribution in [3.63, 3.8) is 0 Å². The number of pyridine rings is 2. The van der Waals surface area contributed by atoms with Crippen LogP contribution in [0, 0.1) is 18.6 Å². The average molecular weight is 535 g/mol. The van der Waals surface area contributed by atoms with Crippen LogP contribution in [0.3, 0.4) is 0 Å². The molecule has 2 N–H and O–H groups in total. The van der Waals surface area contributed by atoms with E-state index < -0.39 is 28.7 Å². The van der Waals surface area contributed by atoms with Gasteiger partial charge in [0.2, 0.25) is 0 Å². The molecule has 0 fully saturated rings. The molecular weight excluding hydrogens is 510 g/mol. The van der Waals surface area contributed by atoms with E-state index in [1.807, 2.05) is 19.0 Å². The number of esters is 1. The number of H-pyrrole nitrogens is 2. The summed E-state index contributed by atoms with van der Waals surface area (Å²) in [6.45, 7) is 1.63. The number of hydrogen-bond acceptors (Lipinski definition) is 7. The predicted octanol–water partition coefficient (Wildman–Crippen LogP) is 2.98. The molecular formula is C27H24F2N6O4. The minimum atomic E-state index is -0.799. The minimum Gasteiger partial charge on any atom is -0.460 e. The molecule has 0 aliphatic carbocycles. The SMILES string of the molecule is Cc1nc2c(-c3ccc[nH]c3=O)c(C(=O)OCCN(C)C)n(Cc3cc4c(=O)[nH]cnc4cc3F)c2cc1F. The highest BCUT2D eigenvalue weighted by atomic mass is 19.1. The lowest BCUT2D eigenvalue weighted by Crippen LogP contribution is -2.22. The molecule has 12 heteroatoms. The van der Waals surface area contributed by atoms with E-state index in [1.165, 1.54) is 42.2 Å². The van der Waals surface area contributed by atoms with Gasteiger partial charge in [-0.1, -0.05) is 0 Å². The molecule has 5 rings (SSSR count). The first-order chi connectivity index (χ1) is 18.7. The van der Waals surface area contributed by atoms with Gasteiger partial charge >= 0.3 is 5.97 Å². The maximum Gasteiger partial charge on any atom is 0.355 e. The lowest BCUT2D eigenvalue weighted by Gasteiger charge is -2.14. The molecule has 0 spiro atoms. The van der Waals surface area contributed by atoms with Crippen LogP contribution in [-0.4, -0.2) is 62.6 Å². The highest BCUT2D eigenvalue weighted by Gasteiger charge is 2.29. The average Bonchev–Trinajstić information content (AvgIpc) is 3.18. The van der Waals surface area contributed by atoms with Gasteiger partial charge in [0, 0.05) is 36.0 Å². The number of halogens is 2. The summed E-state index contributed by atoms with van der Waals surface area (Å²) in [5, 5.41) is 0.139. The van der Waals surface area contributed by atoms with Crippen molar-refractivity contribution in [1.29, 1.82) is 0 Å². The second-order valence-corrected chi connectivity index (χ2v) is 9.28. The van der Waals surface area contributed by atoms with Crippen molar-refractivity contribution >= 4 is 27.9 Å². The number of rotatable bonds is 7. The van der Waals surface area contributed by atoms with Crippen LogP contribution in [0.1, 0.15) is 21.7 Å². The Morgan fingerprint density at radius 3 is 2.64 bits per heavy atom. The van der Waals surface area contributed by atoms with Gasteiger partial charge in [-0.15, -0.1) is 0 Å². The molecule has 0 saturated heterocycles. The third-order valence-corrected chi connectivity index (χ3v) is 6.36. The first-order valence-electron chi connectivity index (χ1n) is 12.0. The van der Waals surface area contributed by atoms with Gasteiger partial charge in [-0.25, -0.2) is 23.5 Å². The summed E-state index contributed by atoms with van der Waals surface area (Å²) in [7, 11) is 3.63. The number of nitrogens with one attached hydrogen (secondary N) is 2. The van der Waals surface area contributed by atoms with E-state index in [4.69, 9.17) is 4.74 Å². The van der Waals surface area contributed by atoms with Gasteiger partial charge in [0.05, 0.1) is 46.1 Å². The number of fused-ring (bicyclic) bond motifs is 2. The van der Waals surface area contributed by atoms with Crippen molar-refractivity contribution in [3.8, 4) is 11.1 Å². The van der Waals surface area contributed by atoms with Crippen LogP contribution in [0.5, 0.6) is 0 Å². The topological polar surface area (TPSA) is 126 Å². The van der Waals surface area contributed by atoms with Gasteiger partial charge < -0.3 is 24.2 Å². The second-order valence-electron chi connectivity index (χ2n) is 9.28. The molecule has 39 heavy (non-hydrogen) atoms. The smallest absolute Gasteiger partial charge is 0.355 e. The Morgan fingerprint density at radius 2 is 1.90 bits per heavy atom. The number of likely N-dealkylation sites (N-methyl/N-ethyl adjacent to an activating group) is 1. The van der Waals surface area contributed by atoms with E-state index in [0.29, 0.717) is 6.54 Å². The molecule has 0 unspecified atom stereocenters. The van der Waals surface area contributed by atoms with Crippen LogP contribution in [0.4, 0.5) is 8.78 Å². The zero-order valence-electron chi connectivity index (χ0n) is 21.3. The third kappa shape index (κ3) is 4.81. The van der Waals surface area contributed by atoms with Gasteiger partial charge in [0.1, 0.15) is 23.9 Å². The molecule has 10 nitrogen and oxygen atoms in total. The lowest BCUT2D eigenvalue weighted by molar-refractivity contribution is 0.0471. The number of nitrogens with zero attached hydrogens (tertiary/aromatic N) is 4. The summed E-state index contributed by atoms with van der Waals surface area (Å²) < 4.78 is 37.0. The number of hydrogen-bond donors (Lipinski definition) is 2. The Kier molecular flexibility index (Phi) is 6.79. The maximum atomic E-state index is 15.3. The van der Waals surface area contributed by atoms with Crippen molar-refractivity contribution in [1.82, 2.24) is 29.4 Å². The number of aromatic amines is 2. The Hall–Kier alpha value is -4.71. The summed E-state index contributed by atoms with van der Waals surface area (Å²) in [5.74, 6) is -2.14. The molecule has 0 bridgehead atoms. The summed E-state index contributed by atoms with van der Waals surface area (Å²) in [6.07, 6.45) is 2.61. The summed E-state index contributed by atoms with van der Waals surface area (Å²) >= 11 is 0. The van der Waals surface area contributed by atoms with Crippen molar-refractivity contribution in [2.45, 2.75) is 13.5 Å². The molecule has 4 heterocycles. The zero-order valence-corrected chi connectivity index (χ0v) is 21.3. The second kappa shape index (κ2) is 10.2. The number of benzene rings is 1. The fourth-order valence-electron chi connectivity index (χ4n) is 4.39. The molecule has 0 radical (unpaired) electrons. The van der Waals surface area contributed by atoms with E-state index in [1.54, 1.807) is 6.07 Å². The fraction of sp³-hybridized carbons (Fsp3) is 0.222. The van der Waals surface area contributed by atoms with E-state index in [0.717, 1.165) is 6.07 Å². The minimum absolute atomic E-state index is 0.0319. The first-order valence-corrected chi connectivity index (χ1v) is 12.0. The molecule has 0 saturated carbocycles. The highest BCUT2D eigenvalue weighted by molar-refractivity contribution is 6.07. The number of carbonyl (C=O) groups is 1. The van der Waals surface area contributed by atoms with Crippen LogP contribution in [0.25, 0.3) is 33.1 Å². The Morgan fingerprint density at radius 1 is 1.10 bits per heavy atom. The predicted molar refractivity (Wildman–Crippen MR) is 141 cm³/mol. The summed E-state index contributed by atoms with van der Waals surface area (Å²) in [5.41, 5.74) is -0.270. The van der Waals surface area contributed by atoms with E-state index in [2.05, 4.69) is 19.9 Å². The molecule has 1 aromatic carbocycles. The van der Waals surface area contributed by atoms with Crippen LogP contribution in [0.15, 0.2) is 52.4 Å². The van der Waals surface area contributed by atoms with E-state index in [-0.39, 0.29) is 63.2 Å². The number of aromatic nitrogens is 5. The quantitative estimate of drug-likeness (QED) is 0.308. The third-order valence-electron chi connectivity index (χ3n) is 6.36. The molecule has 0 aliphatic heterocycles. The van der Waals surface area contributed by atoms with Gasteiger partial charge in [0.25, 0.3) is 11.1 Å². The maximum absolute atomic E-state index is 15.3. The van der Waals surface area contributed by atoms with Gasteiger partial charge in [-0.3, -0.25) is 9.59 Å².